The summed E-state index contributed by atoms with van der Waals surface area (Å²) in [5, 5.41) is 2.93. The van der Waals surface area contributed by atoms with Crippen LogP contribution in [0, 0.1) is 13.8 Å². The highest BCUT2D eigenvalue weighted by molar-refractivity contribution is 5.95. The Balaban J connectivity index is 1.58. The molecule has 0 unspecified atom stereocenters. The van der Waals surface area contributed by atoms with Gasteiger partial charge in [-0.1, -0.05) is 6.07 Å². The van der Waals surface area contributed by atoms with E-state index in [0.717, 1.165) is 35.6 Å². The van der Waals surface area contributed by atoms with Gasteiger partial charge < -0.3 is 15.1 Å². The molecule has 2 amide bonds. The molecule has 1 N–H and O–H groups in total. The molecule has 0 aliphatic carbocycles. The van der Waals surface area contributed by atoms with Crippen LogP contribution in [-0.2, 0) is 9.59 Å². The van der Waals surface area contributed by atoms with E-state index >= 15 is 0 Å². The molecule has 0 radical (unpaired) electrons. The van der Waals surface area contributed by atoms with E-state index in [9.17, 15) is 9.59 Å². The molecule has 2 aromatic rings. The van der Waals surface area contributed by atoms with E-state index < -0.39 is 0 Å². The van der Waals surface area contributed by atoms with Crippen molar-refractivity contribution >= 4 is 28.9 Å². The number of carbonyl (C=O) groups excluding carboxylic acids is 2. The highest BCUT2D eigenvalue weighted by atomic mass is 16.2. The third-order valence-electron chi connectivity index (χ3n) is 5.08. The number of aryl methyl sites for hydroxylation is 2. The van der Waals surface area contributed by atoms with Crippen molar-refractivity contribution in [1.82, 2.24) is 0 Å². The van der Waals surface area contributed by atoms with Gasteiger partial charge in [-0.2, -0.15) is 0 Å². The maximum absolute atomic E-state index is 12.4. The molecule has 28 heavy (non-hydrogen) atoms. The Morgan fingerprint density at radius 1 is 1.00 bits per heavy atom. The molecule has 0 bridgehead atoms. The van der Waals surface area contributed by atoms with E-state index in [4.69, 9.17) is 0 Å². The number of hydrogen-bond acceptors (Lipinski definition) is 3. The van der Waals surface area contributed by atoms with Crippen LogP contribution in [0.1, 0.15) is 37.3 Å². The van der Waals surface area contributed by atoms with Crippen LogP contribution in [0.4, 0.5) is 17.1 Å². The lowest BCUT2D eigenvalue weighted by molar-refractivity contribution is -0.117. The molecule has 0 aromatic heterocycles. The van der Waals surface area contributed by atoms with Crippen molar-refractivity contribution in [3.8, 4) is 0 Å². The average Bonchev–Trinajstić information content (AvgIpc) is 3.16. The van der Waals surface area contributed by atoms with Crippen LogP contribution in [-0.4, -0.2) is 31.4 Å². The highest BCUT2D eigenvalue weighted by Crippen LogP contribution is 2.22. The molecule has 5 nitrogen and oxygen atoms in total. The Kier molecular flexibility index (Phi) is 6.34. The van der Waals surface area contributed by atoms with Gasteiger partial charge in [0.2, 0.25) is 11.8 Å². The number of amides is 2. The summed E-state index contributed by atoms with van der Waals surface area (Å²) in [6, 6.07) is 14.0. The summed E-state index contributed by atoms with van der Waals surface area (Å²) in [7, 11) is 0. The number of carbonyl (C=O) groups is 2. The van der Waals surface area contributed by atoms with Crippen molar-refractivity contribution in [3.05, 3.63) is 53.6 Å². The number of benzene rings is 2. The molecule has 0 saturated carbocycles. The maximum atomic E-state index is 12.4. The summed E-state index contributed by atoms with van der Waals surface area (Å²) in [6.07, 6.45) is 2.73. The number of hydrogen-bond donors (Lipinski definition) is 1. The van der Waals surface area contributed by atoms with E-state index in [1.165, 1.54) is 25.5 Å². The lowest BCUT2D eigenvalue weighted by Crippen LogP contribution is -2.32. The van der Waals surface area contributed by atoms with Gasteiger partial charge in [-0.15, -0.1) is 0 Å². The van der Waals surface area contributed by atoms with Gasteiger partial charge in [0.15, 0.2) is 0 Å². The first-order valence-electron chi connectivity index (χ1n) is 9.93. The van der Waals surface area contributed by atoms with Gasteiger partial charge in [-0.25, -0.2) is 0 Å². The molecule has 2 aromatic carbocycles. The van der Waals surface area contributed by atoms with Crippen LogP contribution < -0.4 is 15.1 Å². The van der Waals surface area contributed by atoms with Crippen LogP contribution in [0.15, 0.2) is 42.5 Å². The molecule has 1 heterocycles. The molecule has 1 fully saturated rings. The van der Waals surface area contributed by atoms with Crippen molar-refractivity contribution < 1.29 is 9.59 Å². The summed E-state index contributed by atoms with van der Waals surface area (Å²) in [6.45, 7) is 8.11. The van der Waals surface area contributed by atoms with Gasteiger partial charge in [-0.05, 0) is 74.2 Å². The van der Waals surface area contributed by atoms with Crippen molar-refractivity contribution in [2.24, 2.45) is 0 Å². The van der Waals surface area contributed by atoms with Crippen LogP contribution >= 0.6 is 0 Å². The van der Waals surface area contributed by atoms with Crippen LogP contribution in [0.3, 0.4) is 0 Å². The van der Waals surface area contributed by atoms with E-state index in [1.807, 2.05) is 38.1 Å². The average molecular weight is 380 g/mol. The Bertz CT molecular complexity index is 819. The minimum atomic E-state index is -0.0930. The predicted molar refractivity (Wildman–Crippen MR) is 115 cm³/mol. The summed E-state index contributed by atoms with van der Waals surface area (Å²) in [5.41, 5.74) is 5.03. The minimum absolute atomic E-state index is 0.0623. The van der Waals surface area contributed by atoms with Crippen molar-refractivity contribution in [2.45, 2.75) is 40.0 Å². The summed E-state index contributed by atoms with van der Waals surface area (Å²) in [4.78, 5) is 28.5. The third-order valence-corrected chi connectivity index (χ3v) is 5.08. The molecule has 1 aliphatic rings. The predicted octanol–water partition coefficient (Wildman–Crippen LogP) is 4.29. The molecule has 148 valence electrons. The molecule has 1 aliphatic heterocycles. The lowest BCUT2D eigenvalue weighted by Gasteiger charge is -2.22. The van der Waals surface area contributed by atoms with Crippen molar-refractivity contribution in [1.29, 1.82) is 0 Å². The van der Waals surface area contributed by atoms with E-state index in [-0.39, 0.29) is 18.2 Å². The zero-order valence-corrected chi connectivity index (χ0v) is 17.0. The number of anilines is 3. The Morgan fingerprint density at radius 2 is 1.61 bits per heavy atom. The van der Waals surface area contributed by atoms with Gasteiger partial charge in [0, 0.05) is 50.0 Å². The second-order valence-corrected chi connectivity index (χ2v) is 7.56. The quantitative estimate of drug-likeness (QED) is 0.815. The highest BCUT2D eigenvalue weighted by Gasteiger charge is 2.15. The van der Waals surface area contributed by atoms with Gasteiger partial charge in [-0.3, -0.25) is 9.59 Å². The molecular formula is C23H29N3O2. The number of nitrogens with one attached hydrogen (secondary N) is 1. The second kappa shape index (κ2) is 8.91. The van der Waals surface area contributed by atoms with Crippen molar-refractivity contribution in [2.75, 3.05) is 34.8 Å². The van der Waals surface area contributed by atoms with Gasteiger partial charge in [0.05, 0.1) is 0 Å². The molecular weight excluding hydrogens is 350 g/mol. The summed E-state index contributed by atoms with van der Waals surface area (Å²) < 4.78 is 0. The smallest absolute Gasteiger partial charge is 0.226 e. The second-order valence-electron chi connectivity index (χ2n) is 7.56. The standard InChI is InChI=1S/C23H29N3O2/c1-17-14-18(2)16-22(15-17)26(19(3)27)13-10-23(28)24-20-6-8-21(9-7-20)25-11-4-5-12-25/h6-9,14-16H,4-5,10-13H2,1-3H3,(H,24,28). The molecule has 1 saturated heterocycles. The normalized spacial score (nSPS) is 13.5. The third kappa shape index (κ3) is 5.12. The zero-order valence-electron chi connectivity index (χ0n) is 17.0. The first-order chi connectivity index (χ1) is 13.4. The summed E-state index contributed by atoms with van der Waals surface area (Å²) in [5.74, 6) is -0.155. The first kappa shape index (κ1) is 19.9. The number of nitrogens with zero attached hydrogens (tertiary/aromatic N) is 2. The van der Waals surface area contributed by atoms with Crippen LogP contribution in [0.5, 0.6) is 0 Å². The lowest BCUT2D eigenvalue weighted by atomic mass is 10.1. The van der Waals surface area contributed by atoms with E-state index in [1.54, 1.807) is 4.90 Å². The molecule has 5 heteroatoms. The van der Waals surface area contributed by atoms with Crippen molar-refractivity contribution in [3.63, 3.8) is 0 Å². The molecule has 0 atom stereocenters. The monoisotopic (exact) mass is 379 g/mol. The fourth-order valence-corrected chi connectivity index (χ4v) is 3.74. The van der Waals surface area contributed by atoms with Gasteiger partial charge >= 0.3 is 0 Å². The van der Waals surface area contributed by atoms with Gasteiger partial charge in [0.25, 0.3) is 0 Å². The van der Waals surface area contributed by atoms with Crippen LogP contribution in [0.25, 0.3) is 0 Å². The molecule has 3 rings (SSSR count). The fraction of sp³-hybridized carbons (Fsp3) is 0.391. The SMILES string of the molecule is CC(=O)N(CCC(=O)Nc1ccc(N2CCCC2)cc1)c1cc(C)cc(C)c1. The zero-order chi connectivity index (χ0) is 20.1. The Hall–Kier alpha value is -2.82. The van der Waals surface area contributed by atoms with Crippen LogP contribution in [0.2, 0.25) is 0 Å². The Labute approximate surface area is 167 Å². The fourth-order valence-electron chi connectivity index (χ4n) is 3.74. The largest absolute Gasteiger partial charge is 0.372 e. The summed E-state index contributed by atoms with van der Waals surface area (Å²) >= 11 is 0. The van der Waals surface area contributed by atoms with E-state index in [0.29, 0.717) is 6.54 Å². The van der Waals surface area contributed by atoms with E-state index in [2.05, 4.69) is 28.4 Å². The number of rotatable bonds is 6. The maximum Gasteiger partial charge on any atom is 0.226 e. The minimum Gasteiger partial charge on any atom is -0.372 e. The molecule has 0 spiro atoms. The van der Waals surface area contributed by atoms with Gasteiger partial charge in [0.1, 0.15) is 0 Å². The Morgan fingerprint density at radius 3 is 2.18 bits per heavy atom. The first-order valence-corrected chi connectivity index (χ1v) is 9.93. The topological polar surface area (TPSA) is 52.7 Å².